The van der Waals surface area contributed by atoms with Gasteiger partial charge in [-0.1, -0.05) is 49.4 Å². The fourth-order valence-electron chi connectivity index (χ4n) is 3.44. The number of Topliss-reactive ketones (excluding diaryl/α,β-unsaturated/α-hetero) is 1. The minimum Gasteiger partial charge on any atom is -0.493 e. The van der Waals surface area contributed by atoms with E-state index in [1.54, 1.807) is 7.11 Å². The molecule has 0 saturated carbocycles. The molecule has 2 N–H and O–H groups in total. The van der Waals surface area contributed by atoms with Crippen LogP contribution >= 0.6 is 0 Å². The van der Waals surface area contributed by atoms with E-state index in [2.05, 4.69) is 12.2 Å². The zero-order valence-electron chi connectivity index (χ0n) is 18.3. The Morgan fingerprint density at radius 1 is 1.03 bits per heavy atom. The maximum atomic E-state index is 12.7. The molecule has 5 nitrogen and oxygen atoms in total. The average molecular weight is 422 g/mol. The van der Waals surface area contributed by atoms with Crippen LogP contribution in [0.3, 0.4) is 0 Å². The number of benzene rings is 3. The molecule has 3 aromatic carbocycles. The lowest BCUT2D eigenvalue weighted by Gasteiger charge is -2.16. The molecular weight excluding hydrogens is 390 g/mol. The number of rotatable bonds is 12. The van der Waals surface area contributed by atoms with E-state index in [1.807, 2.05) is 60.7 Å². The highest BCUT2D eigenvalue weighted by molar-refractivity contribution is 6.00. The molecule has 3 rings (SSSR count). The Labute approximate surface area is 184 Å². The number of nitrogens with one attached hydrogen (secondary N) is 1. The number of fused-ring (bicyclic) bond motifs is 1. The Hall–Kier alpha value is -2.89. The predicted molar refractivity (Wildman–Crippen MR) is 124 cm³/mol. The van der Waals surface area contributed by atoms with Gasteiger partial charge in [0.15, 0.2) is 17.3 Å². The number of carbonyl (C=O) groups excluding carboxylic acids is 1. The van der Waals surface area contributed by atoms with Crippen molar-refractivity contribution < 1.29 is 19.4 Å². The Bertz CT molecular complexity index is 1000. The first-order valence-electron chi connectivity index (χ1n) is 10.8. The molecule has 0 aliphatic heterocycles. The maximum Gasteiger partial charge on any atom is 0.163 e. The Morgan fingerprint density at radius 3 is 2.61 bits per heavy atom. The van der Waals surface area contributed by atoms with Gasteiger partial charge in [0, 0.05) is 18.5 Å². The van der Waals surface area contributed by atoms with Crippen molar-refractivity contribution in [1.82, 2.24) is 5.32 Å². The summed E-state index contributed by atoms with van der Waals surface area (Å²) in [5.41, 5.74) is 1.72. The van der Waals surface area contributed by atoms with Crippen LogP contribution in [0.2, 0.25) is 0 Å². The Balaban J connectivity index is 1.60. The van der Waals surface area contributed by atoms with Crippen molar-refractivity contribution in [2.24, 2.45) is 0 Å². The number of hydrogen-bond acceptors (Lipinski definition) is 5. The highest BCUT2D eigenvalue weighted by atomic mass is 16.5. The quantitative estimate of drug-likeness (QED) is 0.335. The van der Waals surface area contributed by atoms with E-state index >= 15 is 0 Å². The average Bonchev–Trinajstić information content (AvgIpc) is 2.81. The zero-order chi connectivity index (χ0) is 22.1. The van der Waals surface area contributed by atoms with E-state index in [9.17, 15) is 9.90 Å². The van der Waals surface area contributed by atoms with E-state index in [4.69, 9.17) is 9.47 Å². The van der Waals surface area contributed by atoms with Crippen molar-refractivity contribution >= 4 is 16.6 Å². The van der Waals surface area contributed by atoms with Crippen LogP contribution in [-0.4, -0.2) is 43.8 Å². The van der Waals surface area contributed by atoms with Gasteiger partial charge in [0.2, 0.25) is 0 Å². The molecule has 0 radical (unpaired) electrons. The summed E-state index contributed by atoms with van der Waals surface area (Å²) in [5, 5.41) is 15.4. The zero-order valence-corrected chi connectivity index (χ0v) is 18.3. The molecule has 0 bridgehead atoms. The molecule has 1 atom stereocenters. The number of ether oxygens (including phenoxy) is 2. The molecule has 0 amide bonds. The van der Waals surface area contributed by atoms with Gasteiger partial charge in [-0.3, -0.25) is 4.79 Å². The lowest BCUT2D eigenvalue weighted by Crippen LogP contribution is -2.31. The number of aliphatic hydroxyl groups is 1. The van der Waals surface area contributed by atoms with Crippen LogP contribution < -0.4 is 14.8 Å². The smallest absolute Gasteiger partial charge is 0.163 e. The second-order valence-corrected chi connectivity index (χ2v) is 7.64. The monoisotopic (exact) mass is 421 g/mol. The first-order chi connectivity index (χ1) is 15.1. The third kappa shape index (κ3) is 6.54. The lowest BCUT2D eigenvalue weighted by molar-refractivity contribution is 0.0983. The number of carbonyl (C=O) groups is 1. The second kappa shape index (κ2) is 11.5. The van der Waals surface area contributed by atoms with E-state index in [-0.39, 0.29) is 12.4 Å². The third-order valence-electron chi connectivity index (χ3n) is 5.18. The van der Waals surface area contributed by atoms with Gasteiger partial charge >= 0.3 is 0 Å². The molecule has 0 spiro atoms. The minimum absolute atomic E-state index is 0.112. The van der Waals surface area contributed by atoms with Gasteiger partial charge in [-0.2, -0.15) is 0 Å². The summed E-state index contributed by atoms with van der Waals surface area (Å²) in [4.78, 5) is 12.7. The van der Waals surface area contributed by atoms with Crippen LogP contribution in [0.15, 0.2) is 60.7 Å². The van der Waals surface area contributed by atoms with Crippen molar-refractivity contribution in [2.75, 3.05) is 26.8 Å². The molecule has 5 heteroatoms. The summed E-state index contributed by atoms with van der Waals surface area (Å²) >= 11 is 0. The highest BCUT2D eigenvalue weighted by Crippen LogP contribution is 2.29. The summed E-state index contributed by atoms with van der Waals surface area (Å²) < 4.78 is 11.2. The van der Waals surface area contributed by atoms with Crippen LogP contribution in [0.4, 0.5) is 0 Å². The van der Waals surface area contributed by atoms with Crippen LogP contribution in [0.25, 0.3) is 10.8 Å². The van der Waals surface area contributed by atoms with E-state index in [1.165, 1.54) is 0 Å². The van der Waals surface area contributed by atoms with Gasteiger partial charge in [-0.15, -0.1) is 0 Å². The van der Waals surface area contributed by atoms with Crippen molar-refractivity contribution in [2.45, 2.75) is 32.3 Å². The number of ketones is 1. The molecule has 0 aliphatic rings. The summed E-state index contributed by atoms with van der Waals surface area (Å²) in [6.45, 7) is 3.60. The van der Waals surface area contributed by atoms with Crippen molar-refractivity contribution in [3.8, 4) is 11.5 Å². The number of aryl methyl sites for hydroxylation is 1. The van der Waals surface area contributed by atoms with Crippen LogP contribution in [-0.2, 0) is 6.42 Å². The standard InChI is InChI=1S/C26H31NO4/c1-3-14-27-17-23(28)18-31-26-15-19(9-13-25(26)30-2)8-12-24(29)22-11-10-20-6-4-5-7-21(20)16-22/h4-7,9-11,13,15-16,23,27-28H,3,8,12,14,17-18H2,1-2H3. The molecule has 0 heterocycles. The number of aliphatic hydroxyl groups excluding tert-OH is 1. The third-order valence-corrected chi connectivity index (χ3v) is 5.18. The summed E-state index contributed by atoms with van der Waals surface area (Å²) in [5.74, 6) is 1.30. The SMILES string of the molecule is CCCNCC(O)COc1cc(CCC(=O)c2ccc3ccccc3c2)ccc1OC. The number of hydrogen-bond donors (Lipinski definition) is 2. The highest BCUT2D eigenvalue weighted by Gasteiger charge is 2.12. The Morgan fingerprint density at radius 2 is 1.84 bits per heavy atom. The molecule has 3 aromatic rings. The van der Waals surface area contributed by atoms with Crippen LogP contribution in [0, 0.1) is 0 Å². The van der Waals surface area contributed by atoms with Crippen molar-refractivity contribution in [3.05, 3.63) is 71.8 Å². The molecule has 0 fully saturated rings. The van der Waals surface area contributed by atoms with Crippen molar-refractivity contribution in [1.29, 1.82) is 0 Å². The normalized spacial score (nSPS) is 12.0. The lowest BCUT2D eigenvalue weighted by atomic mass is 10.00. The fourth-order valence-corrected chi connectivity index (χ4v) is 3.44. The molecule has 31 heavy (non-hydrogen) atoms. The van der Waals surface area contributed by atoms with Gasteiger partial charge in [0.1, 0.15) is 12.7 Å². The summed E-state index contributed by atoms with van der Waals surface area (Å²) in [6, 6.07) is 19.5. The predicted octanol–water partition coefficient (Wildman–Crippen LogP) is 4.40. The second-order valence-electron chi connectivity index (χ2n) is 7.64. The van der Waals surface area contributed by atoms with Gasteiger partial charge in [0.05, 0.1) is 7.11 Å². The first kappa shape index (κ1) is 22.8. The summed E-state index contributed by atoms with van der Waals surface area (Å²) in [6.07, 6.45) is 1.43. The van der Waals surface area contributed by atoms with Gasteiger partial charge in [-0.05, 0) is 53.9 Å². The van der Waals surface area contributed by atoms with Gasteiger partial charge in [0.25, 0.3) is 0 Å². The first-order valence-corrected chi connectivity index (χ1v) is 10.8. The Kier molecular flexibility index (Phi) is 8.44. The van der Waals surface area contributed by atoms with Gasteiger partial charge < -0.3 is 19.9 Å². The van der Waals surface area contributed by atoms with E-state index in [0.29, 0.717) is 30.9 Å². The van der Waals surface area contributed by atoms with Crippen LogP contribution in [0.1, 0.15) is 35.7 Å². The number of methoxy groups -OCH3 is 1. The molecule has 0 aromatic heterocycles. The maximum absolute atomic E-state index is 12.7. The van der Waals surface area contributed by atoms with E-state index < -0.39 is 6.10 Å². The molecular formula is C26H31NO4. The largest absolute Gasteiger partial charge is 0.493 e. The molecule has 0 aliphatic carbocycles. The van der Waals surface area contributed by atoms with Crippen LogP contribution in [0.5, 0.6) is 11.5 Å². The summed E-state index contributed by atoms with van der Waals surface area (Å²) in [7, 11) is 1.59. The molecule has 164 valence electrons. The van der Waals surface area contributed by atoms with E-state index in [0.717, 1.165) is 34.9 Å². The fraction of sp³-hybridized carbons (Fsp3) is 0.346. The van der Waals surface area contributed by atoms with Crippen molar-refractivity contribution in [3.63, 3.8) is 0 Å². The minimum atomic E-state index is -0.602. The van der Waals surface area contributed by atoms with Gasteiger partial charge in [-0.25, -0.2) is 0 Å². The topological polar surface area (TPSA) is 67.8 Å². The molecule has 0 saturated heterocycles. The molecule has 1 unspecified atom stereocenters.